The Balaban J connectivity index is 1.43. The van der Waals surface area contributed by atoms with Crippen molar-refractivity contribution in [1.29, 1.82) is 0 Å². The second-order valence-corrected chi connectivity index (χ2v) is 6.07. The highest BCUT2D eigenvalue weighted by molar-refractivity contribution is 5.53. The summed E-state index contributed by atoms with van der Waals surface area (Å²) < 4.78 is 7.34. The van der Waals surface area contributed by atoms with Crippen LogP contribution in [0.3, 0.4) is 0 Å². The molecule has 0 saturated carbocycles. The third kappa shape index (κ3) is 3.03. The minimum atomic E-state index is 0.316. The van der Waals surface area contributed by atoms with Gasteiger partial charge in [0.25, 0.3) is 0 Å². The van der Waals surface area contributed by atoms with Crippen LogP contribution in [0.1, 0.15) is 23.8 Å². The number of rotatable bonds is 4. The smallest absolute Gasteiger partial charge is 0.231 e. The van der Waals surface area contributed by atoms with Gasteiger partial charge < -0.3 is 4.52 Å². The van der Waals surface area contributed by atoms with E-state index in [1.165, 1.54) is 5.56 Å². The molecule has 118 valence electrons. The van der Waals surface area contributed by atoms with Crippen LogP contribution in [0.5, 0.6) is 0 Å². The zero-order valence-electron chi connectivity index (χ0n) is 13.1. The molecule has 1 unspecified atom stereocenters. The largest absolute Gasteiger partial charge is 0.339 e. The van der Waals surface area contributed by atoms with Gasteiger partial charge in [0, 0.05) is 37.5 Å². The summed E-state index contributed by atoms with van der Waals surface area (Å²) in [6, 6.07) is 9.95. The van der Waals surface area contributed by atoms with E-state index < -0.39 is 0 Å². The molecule has 1 atom stereocenters. The standard InChI is InChI=1S/C17H19N5O/c1-21-10-13(9-18-21)11-22-8-7-15(12-22)17-19-16(20-23-17)14-5-3-2-4-6-14/h2-6,9-10,15H,7-8,11-12H2,1H3. The van der Waals surface area contributed by atoms with Crippen LogP contribution in [0.2, 0.25) is 0 Å². The predicted octanol–water partition coefficient (Wildman–Crippen LogP) is 2.46. The lowest BCUT2D eigenvalue weighted by Gasteiger charge is -2.13. The molecule has 0 bridgehead atoms. The van der Waals surface area contributed by atoms with Crippen molar-refractivity contribution in [1.82, 2.24) is 24.8 Å². The van der Waals surface area contributed by atoms with Crippen molar-refractivity contribution in [2.45, 2.75) is 18.9 Å². The van der Waals surface area contributed by atoms with E-state index in [0.29, 0.717) is 11.7 Å². The summed E-state index contributed by atoms with van der Waals surface area (Å²) in [5, 5.41) is 8.35. The molecule has 0 N–H and O–H groups in total. The van der Waals surface area contributed by atoms with Gasteiger partial charge in [0.05, 0.1) is 12.1 Å². The Kier molecular flexibility index (Phi) is 3.67. The van der Waals surface area contributed by atoms with E-state index in [0.717, 1.165) is 37.5 Å². The third-order valence-electron chi connectivity index (χ3n) is 4.26. The normalized spacial score (nSPS) is 18.6. The highest BCUT2D eigenvalue weighted by atomic mass is 16.5. The summed E-state index contributed by atoms with van der Waals surface area (Å²) in [5.74, 6) is 1.74. The van der Waals surface area contributed by atoms with Crippen molar-refractivity contribution in [2.24, 2.45) is 7.05 Å². The van der Waals surface area contributed by atoms with Crippen LogP contribution in [0.25, 0.3) is 11.4 Å². The Labute approximate surface area is 134 Å². The van der Waals surface area contributed by atoms with E-state index >= 15 is 0 Å². The first kappa shape index (κ1) is 14.1. The van der Waals surface area contributed by atoms with Gasteiger partial charge in [-0.25, -0.2) is 0 Å². The quantitative estimate of drug-likeness (QED) is 0.741. The van der Waals surface area contributed by atoms with Gasteiger partial charge in [-0.3, -0.25) is 9.58 Å². The maximum Gasteiger partial charge on any atom is 0.231 e. The zero-order chi connectivity index (χ0) is 15.6. The molecule has 4 rings (SSSR count). The monoisotopic (exact) mass is 309 g/mol. The molecule has 1 fully saturated rings. The Morgan fingerprint density at radius 1 is 1.26 bits per heavy atom. The first-order valence-corrected chi connectivity index (χ1v) is 7.87. The second kappa shape index (κ2) is 5.96. The zero-order valence-corrected chi connectivity index (χ0v) is 13.1. The van der Waals surface area contributed by atoms with E-state index in [2.05, 4.69) is 26.3 Å². The number of nitrogens with zero attached hydrogens (tertiary/aromatic N) is 5. The Bertz CT molecular complexity index is 779. The van der Waals surface area contributed by atoms with E-state index in [9.17, 15) is 0 Å². The van der Waals surface area contributed by atoms with E-state index in [4.69, 9.17) is 4.52 Å². The highest BCUT2D eigenvalue weighted by Crippen LogP contribution is 2.28. The molecule has 0 spiro atoms. The molecule has 1 aliphatic rings. The molecule has 3 aromatic rings. The summed E-state index contributed by atoms with van der Waals surface area (Å²) >= 11 is 0. The van der Waals surface area contributed by atoms with Crippen molar-refractivity contribution in [3.63, 3.8) is 0 Å². The average molecular weight is 309 g/mol. The lowest BCUT2D eigenvalue weighted by atomic mass is 10.1. The maximum atomic E-state index is 5.50. The summed E-state index contributed by atoms with van der Waals surface area (Å²) in [7, 11) is 1.94. The fourth-order valence-corrected chi connectivity index (χ4v) is 3.10. The molecule has 6 nitrogen and oxygen atoms in total. The van der Waals surface area contributed by atoms with Crippen LogP contribution in [-0.4, -0.2) is 37.9 Å². The van der Waals surface area contributed by atoms with Gasteiger partial charge in [0.1, 0.15) is 0 Å². The first-order chi connectivity index (χ1) is 11.3. The van der Waals surface area contributed by atoms with E-state index in [1.54, 1.807) is 0 Å². The molecule has 2 aromatic heterocycles. The molecule has 3 heterocycles. The van der Waals surface area contributed by atoms with Crippen molar-refractivity contribution >= 4 is 0 Å². The van der Waals surface area contributed by atoms with Crippen LogP contribution in [0.4, 0.5) is 0 Å². The average Bonchev–Trinajstić information content (AvgIpc) is 3.29. The first-order valence-electron chi connectivity index (χ1n) is 7.87. The van der Waals surface area contributed by atoms with Crippen LogP contribution in [-0.2, 0) is 13.6 Å². The van der Waals surface area contributed by atoms with Crippen molar-refractivity contribution < 1.29 is 4.52 Å². The van der Waals surface area contributed by atoms with Gasteiger partial charge in [-0.2, -0.15) is 10.1 Å². The molecule has 1 aliphatic heterocycles. The van der Waals surface area contributed by atoms with Crippen molar-refractivity contribution in [3.8, 4) is 11.4 Å². The lowest BCUT2D eigenvalue weighted by Crippen LogP contribution is -2.19. The van der Waals surface area contributed by atoms with E-state index in [-0.39, 0.29) is 0 Å². The van der Waals surface area contributed by atoms with Crippen LogP contribution in [0.15, 0.2) is 47.2 Å². The lowest BCUT2D eigenvalue weighted by molar-refractivity contribution is 0.309. The van der Waals surface area contributed by atoms with Gasteiger partial charge in [-0.05, 0) is 13.0 Å². The number of aryl methyl sites for hydroxylation is 1. The SMILES string of the molecule is Cn1cc(CN2CCC(c3nc(-c4ccccc4)no3)C2)cn1. The van der Waals surface area contributed by atoms with Crippen LogP contribution >= 0.6 is 0 Å². The summed E-state index contributed by atoms with van der Waals surface area (Å²) in [6.07, 6.45) is 5.04. The minimum absolute atomic E-state index is 0.316. The molecule has 6 heteroatoms. The third-order valence-corrected chi connectivity index (χ3v) is 4.26. The van der Waals surface area contributed by atoms with Gasteiger partial charge in [-0.1, -0.05) is 35.5 Å². The van der Waals surface area contributed by atoms with Crippen LogP contribution < -0.4 is 0 Å². The van der Waals surface area contributed by atoms with Gasteiger partial charge in [0.2, 0.25) is 11.7 Å². The Hall–Kier alpha value is -2.47. The molecule has 0 radical (unpaired) electrons. The molecular weight excluding hydrogens is 290 g/mol. The van der Waals surface area contributed by atoms with Crippen molar-refractivity contribution in [2.75, 3.05) is 13.1 Å². The van der Waals surface area contributed by atoms with E-state index in [1.807, 2.05) is 48.3 Å². The number of aromatic nitrogens is 4. The molecular formula is C17H19N5O. The maximum absolute atomic E-state index is 5.50. The van der Waals surface area contributed by atoms with Crippen molar-refractivity contribution in [3.05, 3.63) is 54.2 Å². The molecule has 1 saturated heterocycles. The predicted molar refractivity (Wildman–Crippen MR) is 85.6 cm³/mol. The second-order valence-electron chi connectivity index (χ2n) is 6.07. The molecule has 0 aliphatic carbocycles. The summed E-state index contributed by atoms with van der Waals surface area (Å²) in [5.41, 5.74) is 2.23. The minimum Gasteiger partial charge on any atom is -0.339 e. The summed E-state index contributed by atoms with van der Waals surface area (Å²) in [4.78, 5) is 7.00. The fraction of sp³-hybridized carbons (Fsp3) is 0.353. The highest BCUT2D eigenvalue weighted by Gasteiger charge is 2.28. The molecule has 1 aromatic carbocycles. The number of hydrogen-bond donors (Lipinski definition) is 0. The van der Waals surface area contributed by atoms with Crippen LogP contribution in [0, 0.1) is 0 Å². The number of likely N-dealkylation sites (tertiary alicyclic amines) is 1. The topological polar surface area (TPSA) is 60.0 Å². The molecule has 23 heavy (non-hydrogen) atoms. The Morgan fingerprint density at radius 2 is 2.13 bits per heavy atom. The van der Waals surface area contributed by atoms with Gasteiger partial charge in [0.15, 0.2) is 0 Å². The fourth-order valence-electron chi connectivity index (χ4n) is 3.10. The Morgan fingerprint density at radius 3 is 2.91 bits per heavy atom. The number of benzene rings is 1. The molecule has 0 amide bonds. The number of hydrogen-bond acceptors (Lipinski definition) is 5. The van der Waals surface area contributed by atoms with Gasteiger partial charge >= 0.3 is 0 Å². The van der Waals surface area contributed by atoms with Gasteiger partial charge in [-0.15, -0.1) is 0 Å². The summed E-state index contributed by atoms with van der Waals surface area (Å²) in [6.45, 7) is 2.91.